The summed E-state index contributed by atoms with van der Waals surface area (Å²) in [5.74, 6) is 0.422. The summed E-state index contributed by atoms with van der Waals surface area (Å²) in [5.41, 5.74) is 0.869. The molecule has 180 valence electrons. The number of aliphatic carboxylic acids is 1. The van der Waals surface area contributed by atoms with Crippen molar-refractivity contribution in [2.45, 2.75) is 77.9 Å². The minimum absolute atomic E-state index is 0.101. The van der Waals surface area contributed by atoms with Crippen molar-refractivity contribution in [1.29, 1.82) is 0 Å². The van der Waals surface area contributed by atoms with Crippen LogP contribution in [0.3, 0.4) is 0 Å². The van der Waals surface area contributed by atoms with E-state index in [9.17, 15) is 14.7 Å². The molecule has 1 aromatic carbocycles. The van der Waals surface area contributed by atoms with Crippen LogP contribution in [0.1, 0.15) is 64.9 Å². The third kappa shape index (κ3) is 9.07. The van der Waals surface area contributed by atoms with E-state index < -0.39 is 12.1 Å². The monoisotopic (exact) mass is 449 g/mol. The van der Waals surface area contributed by atoms with Crippen LogP contribution in [0, 0.1) is 5.92 Å². The van der Waals surface area contributed by atoms with E-state index in [0.29, 0.717) is 44.4 Å². The van der Waals surface area contributed by atoms with Crippen LogP contribution in [0.2, 0.25) is 0 Å². The maximum absolute atomic E-state index is 12.6. The number of hydrogen-bond acceptors (Lipinski definition) is 5. The molecule has 32 heavy (non-hydrogen) atoms. The maximum atomic E-state index is 12.6. The largest absolute Gasteiger partial charge is 0.492 e. The molecule has 0 aliphatic heterocycles. The Morgan fingerprint density at radius 3 is 2.41 bits per heavy atom. The van der Waals surface area contributed by atoms with Crippen molar-refractivity contribution >= 4 is 12.1 Å². The first kappa shape index (κ1) is 26.0. The summed E-state index contributed by atoms with van der Waals surface area (Å²) in [6, 6.07) is 7.33. The SMILES string of the molecule is CCOC(Cc1ccc(OCCN(CCC2CCCC2)C(=O)OC(C)CC)cc1)C(=O)O. The molecule has 0 aromatic heterocycles. The molecule has 2 unspecified atom stereocenters. The van der Waals surface area contributed by atoms with Crippen LogP contribution < -0.4 is 4.74 Å². The van der Waals surface area contributed by atoms with Gasteiger partial charge in [0.05, 0.1) is 6.54 Å². The number of carbonyl (C=O) groups excluding carboxylic acids is 1. The number of carboxylic acids is 1. The zero-order chi connectivity index (χ0) is 23.3. The number of hydrogen-bond donors (Lipinski definition) is 1. The van der Waals surface area contributed by atoms with E-state index in [-0.39, 0.29) is 12.2 Å². The average Bonchev–Trinajstić information content (AvgIpc) is 3.30. The fraction of sp³-hybridized carbons (Fsp3) is 0.680. The molecule has 1 aliphatic rings. The first-order valence-electron chi connectivity index (χ1n) is 11.9. The second-order valence-electron chi connectivity index (χ2n) is 8.51. The topological polar surface area (TPSA) is 85.3 Å². The molecule has 7 heteroatoms. The summed E-state index contributed by atoms with van der Waals surface area (Å²) in [6.07, 6.45) is 5.97. The van der Waals surface area contributed by atoms with Gasteiger partial charge in [-0.1, -0.05) is 44.7 Å². The number of rotatable bonds is 14. The van der Waals surface area contributed by atoms with Crippen LogP contribution in [0.5, 0.6) is 5.75 Å². The molecule has 0 bridgehead atoms. The van der Waals surface area contributed by atoms with Gasteiger partial charge in [-0.2, -0.15) is 0 Å². The molecule has 0 spiro atoms. The zero-order valence-corrected chi connectivity index (χ0v) is 19.8. The highest BCUT2D eigenvalue weighted by atomic mass is 16.6. The molecule has 1 aromatic rings. The summed E-state index contributed by atoms with van der Waals surface area (Å²) >= 11 is 0. The van der Waals surface area contributed by atoms with Gasteiger partial charge >= 0.3 is 12.1 Å². The highest BCUT2D eigenvalue weighted by Crippen LogP contribution is 2.27. The third-order valence-corrected chi connectivity index (χ3v) is 6.03. The quantitative estimate of drug-likeness (QED) is 0.434. The molecule has 2 atom stereocenters. The number of carboxylic acid groups (broad SMARTS) is 1. The zero-order valence-electron chi connectivity index (χ0n) is 19.8. The van der Waals surface area contributed by atoms with Crippen molar-refractivity contribution < 1.29 is 28.9 Å². The summed E-state index contributed by atoms with van der Waals surface area (Å²) in [7, 11) is 0. The lowest BCUT2D eigenvalue weighted by molar-refractivity contribution is -0.149. The lowest BCUT2D eigenvalue weighted by Crippen LogP contribution is -2.38. The van der Waals surface area contributed by atoms with Crippen molar-refractivity contribution in [1.82, 2.24) is 4.90 Å². The number of ether oxygens (including phenoxy) is 3. The molecular formula is C25H39NO6. The van der Waals surface area contributed by atoms with Gasteiger partial charge in [0.15, 0.2) is 6.10 Å². The van der Waals surface area contributed by atoms with Gasteiger partial charge in [0.1, 0.15) is 18.5 Å². The Morgan fingerprint density at radius 1 is 1.12 bits per heavy atom. The minimum Gasteiger partial charge on any atom is -0.492 e. The molecule has 1 saturated carbocycles. The van der Waals surface area contributed by atoms with E-state index >= 15 is 0 Å². The van der Waals surface area contributed by atoms with E-state index in [1.807, 2.05) is 38.1 Å². The fourth-order valence-electron chi connectivity index (χ4n) is 3.89. The first-order valence-corrected chi connectivity index (χ1v) is 11.9. The van der Waals surface area contributed by atoms with Crippen LogP contribution in [0.4, 0.5) is 4.79 Å². The number of amides is 1. The van der Waals surface area contributed by atoms with Crippen molar-refractivity contribution in [2.24, 2.45) is 5.92 Å². The fourth-order valence-corrected chi connectivity index (χ4v) is 3.89. The van der Waals surface area contributed by atoms with Crippen LogP contribution >= 0.6 is 0 Å². The Bertz CT molecular complexity index is 686. The minimum atomic E-state index is -0.964. The van der Waals surface area contributed by atoms with Crippen LogP contribution in [0.25, 0.3) is 0 Å². The molecule has 1 amide bonds. The van der Waals surface area contributed by atoms with E-state index in [1.54, 1.807) is 11.8 Å². The van der Waals surface area contributed by atoms with Crippen molar-refractivity contribution in [2.75, 3.05) is 26.3 Å². The first-order chi connectivity index (χ1) is 15.4. The van der Waals surface area contributed by atoms with Crippen molar-refractivity contribution in [3.63, 3.8) is 0 Å². The smallest absolute Gasteiger partial charge is 0.410 e. The number of carbonyl (C=O) groups is 2. The Morgan fingerprint density at radius 2 is 1.81 bits per heavy atom. The van der Waals surface area contributed by atoms with E-state index in [0.717, 1.165) is 18.4 Å². The maximum Gasteiger partial charge on any atom is 0.410 e. The normalized spacial score (nSPS) is 15.8. The van der Waals surface area contributed by atoms with Crippen molar-refractivity contribution in [3.8, 4) is 5.75 Å². The van der Waals surface area contributed by atoms with Gasteiger partial charge in [-0.05, 0) is 50.3 Å². The molecule has 0 heterocycles. The summed E-state index contributed by atoms with van der Waals surface area (Å²) in [5, 5.41) is 9.22. The van der Waals surface area contributed by atoms with Crippen molar-refractivity contribution in [3.05, 3.63) is 29.8 Å². The Kier molecular flexibility index (Phi) is 11.4. The molecule has 7 nitrogen and oxygen atoms in total. The number of benzene rings is 1. The molecular weight excluding hydrogens is 410 g/mol. The molecule has 0 radical (unpaired) electrons. The van der Waals surface area contributed by atoms with E-state index in [2.05, 4.69) is 0 Å². The number of nitrogens with zero attached hydrogens (tertiary/aromatic N) is 1. The van der Waals surface area contributed by atoms with Crippen LogP contribution in [-0.2, 0) is 20.7 Å². The van der Waals surface area contributed by atoms with Gasteiger partial charge in [-0.25, -0.2) is 9.59 Å². The summed E-state index contributed by atoms with van der Waals surface area (Å²) < 4.78 is 16.7. The van der Waals surface area contributed by atoms with Gasteiger partial charge in [-0.15, -0.1) is 0 Å². The van der Waals surface area contributed by atoms with Gasteiger partial charge < -0.3 is 24.2 Å². The second kappa shape index (κ2) is 14.0. The van der Waals surface area contributed by atoms with Crippen LogP contribution in [0.15, 0.2) is 24.3 Å². The summed E-state index contributed by atoms with van der Waals surface area (Å²) in [4.78, 5) is 25.6. The van der Waals surface area contributed by atoms with Gasteiger partial charge in [0.2, 0.25) is 0 Å². The molecule has 1 N–H and O–H groups in total. The standard InChI is InChI=1S/C25H39NO6/c1-4-19(3)32-25(29)26(15-14-20-8-6-7-9-20)16-17-31-22-12-10-21(11-13-22)18-23(24(27)28)30-5-2/h10-13,19-20,23H,4-9,14-18H2,1-3H3,(H,27,28). The second-order valence-corrected chi connectivity index (χ2v) is 8.51. The van der Waals surface area contributed by atoms with E-state index in [1.165, 1.54) is 25.7 Å². The Balaban J connectivity index is 1.85. The van der Waals surface area contributed by atoms with Gasteiger partial charge in [0, 0.05) is 19.6 Å². The highest BCUT2D eigenvalue weighted by Gasteiger charge is 2.21. The predicted molar refractivity (Wildman–Crippen MR) is 123 cm³/mol. The van der Waals surface area contributed by atoms with Crippen LogP contribution in [-0.4, -0.2) is 60.6 Å². The Hall–Kier alpha value is -2.28. The molecule has 1 aliphatic carbocycles. The predicted octanol–water partition coefficient (Wildman–Crippen LogP) is 4.92. The lowest BCUT2D eigenvalue weighted by Gasteiger charge is -2.25. The molecule has 2 rings (SSSR count). The van der Waals surface area contributed by atoms with Gasteiger partial charge in [-0.3, -0.25) is 0 Å². The summed E-state index contributed by atoms with van der Waals surface area (Å²) in [6.45, 7) is 7.57. The Labute approximate surface area is 192 Å². The highest BCUT2D eigenvalue weighted by molar-refractivity contribution is 5.72. The average molecular weight is 450 g/mol. The molecule has 0 saturated heterocycles. The van der Waals surface area contributed by atoms with Gasteiger partial charge in [0.25, 0.3) is 0 Å². The van der Waals surface area contributed by atoms with E-state index in [4.69, 9.17) is 14.2 Å². The lowest BCUT2D eigenvalue weighted by atomic mass is 10.0. The third-order valence-electron chi connectivity index (χ3n) is 6.03. The molecule has 1 fully saturated rings.